The minimum atomic E-state index is -4.63. The first-order valence-corrected chi connectivity index (χ1v) is 20.9. The number of hydrogen-bond donors (Lipinski definition) is 2. The lowest BCUT2D eigenvalue weighted by atomic mass is 9.91. The summed E-state index contributed by atoms with van der Waals surface area (Å²) in [4.78, 5) is 77.9. The molecule has 4 rings (SSSR count). The fraction of sp³-hybridized carbons (Fsp3) is 0.711. The maximum atomic E-state index is 14.4. The second kappa shape index (κ2) is 19.7. The number of carbonyl (C=O) groups excluding carboxylic acids is 5. The van der Waals surface area contributed by atoms with Crippen LogP contribution in [0.3, 0.4) is 0 Å². The van der Waals surface area contributed by atoms with Crippen LogP contribution in [0.5, 0.6) is 0 Å². The highest BCUT2D eigenvalue weighted by Crippen LogP contribution is 2.39. The van der Waals surface area contributed by atoms with Gasteiger partial charge in [-0.25, -0.2) is 9.97 Å². The van der Waals surface area contributed by atoms with Crippen molar-refractivity contribution in [2.45, 2.75) is 122 Å². The van der Waals surface area contributed by atoms with Gasteiger partial charge in [-0.15, -0.1) is 22.7 Å². The molecule has 0 spiro atoms. The molecule has 0 bridgehead atoms. The van der Waals surface area contributed by atoms with E-state index in [4.69, 9.17) is 9.47 Å². The molecule has 2 N–H and O–H groups in total. The molecule has 1 aliphatic carbocycles. The fourth-order valence-corrected chi connectivity index (χ4v) is 9.03. The van der Waals surface area contributed by atoms with E-state index in [1.54, 1.807) is 18.9 Å². The van der Waals surface area contributed by atoms with E-state index in [1.165, 1.54) is 19.4 Å². The van der Waals surface area contributed by atoms with Crippen molar-refractivity contribution in [1.82, 2.24) is 30.4 Å². The van der Waals surface area contributed by atoms with Crippen molar-refractivity contribution in [3.05, 3.63) is 32.2 Å². The van der Waals surface area contributed by atoms with Crippen LogP contribution in [0, 0.1) is 23.7 Å². The van der Waals surface area contributed by atoms with E-state index in [0.29, 0.717) is 10.9 Å². The SMILES string of the molecule is COC(=O)[C@@H](C)C[C@H](Cc1nc(C(F)(F)F)cs1)NC(=O)c1csc([C@@H](C[C@H](C(C)C)N(C)C(=O)[C@@H](NC(=O)[C@H]2CCCCN2C)[C@@H](C)C2CC2)OC(C)=O)n1. The van der Waals surface area contributed by atoms with Crippen molar-refractivity contribution in [2.24, 2.45) is 23.7 Å². The summed E-state index contributed by atoms with van der Waals surface area (Å²) in [5.74, 6) is -2.71. The molecule has 312 valence electrons. The molecular formula is C38H55F3N6O7S2. The number of alkyl halides is 3. The zero-order valence-electron chi connectivity index (χ0n) is 33.3. The first-order valence-electron chi connectivity index (χ1n) is 19.1. The second-order valence-corrected chi connectivity index (χ2v) is 17.3. The molecule has 2 aromatic rings. The highest BCUT2D eigenvalue weighted by atomic mass is 32.1. The zero-order chi connectivity index (χ0) is 41.5. The lowest BCUT2D eigenvalue weighted by Crippen LogP contribution is -2.58. The molecule has 2 aromatic heterocycles. The molecule has 3 heterocycles. The number of likely N-dealkylation sites (tertiary alicyclic amines) is 1. The van der Waals surface area contributed by atoms with Crippen LogP contribution in [-0.2, 0) is 41.2 Å². The quantitative estimate of drug-likeness (QED) is 0.180. The summed E-state index contributed by atoms with van der Waals surface area (Å²) < 4.78 is 50.3. The summed E-state index contributed by atoms with van der Waals surface area (Å²) in [6.07, 6.45) is -0.746. The van der Waals surface area contributed by atoms with Crippen molar-refractivity contribution < 1.29 is 46.6 Å². The van der Waals surface area contributed by atoms with Crippen molar-refractivity contribution >= 4 is 52.3 Å². The Morgan fingerprint density at radius 2 is 1.70 bits per heavy atom. The van der Waals surface area contributed by atoms with Crippen LogP contribution in [0.25, 0.3) is 0 Å². The number of likely N-dealkylation sites (N-methyl/N-ethyl adjacent to an activating group) is 2. The standard InChI is InChI=1S/C38H55F3N6O7S2/c1-20(2)28(47(7)36(51)32(22(4)24-12-13-24)45-34(50)27-11-9-10-14-46(27)6)17-29(54-23(5)48)35-43-26(18-56-35)33(49)42-25(15-21(3)37(52)53-8)16-31-44-30(19-55-31)38(39,40)41/h18-22,24-25,27-29,32H,9-17H2,1-8H3,(H,42,49)(H,45,50)/t21-,22-,25+,27+,28+,29+,32-/m0/s1. The highest BCUT2D eigenvalue weighted by Gasteiger charge is 2.42. The number of aromatic nitrogens is 2. The Kier molecular flexibility index (Phi) is 15.8. The molecule has 13 nitrogen and oxygen atoms in total. The van der Waals surface area contributed by atoms with E-state index in [9.17, 15) is 37.1 Å². The number of nitrogens with zero attached hydrogens (tertiary/aromatic N) is 4. The highest BCUT2D eigenvalue weighted by molar-refractivity contribution is 7.10. The summed E-state index contributed by atoms with van der Waals surface area (Å²) in [7, 11) is 4.84. The minimum Gasteiger partial charge on any atom is -0.469 e. The van der Waals surface area contributed by atoms with Gasteiger partial charge >= 0.3 is 18.1 Å². The summed E-state index contributed by atoms with van der Waals surface area (Å²) in [5, 5.41) is 8.72. The maximum Gasteiger partial charge on any atom is 0.434 e. The van der Waals surface area contributed by atoms with E-state index in [1.807, 2.05) is 32.7 Å². The molecule has 2 aliphatic rings. The van der Waals surface area contributed by atoms with E-state index in [-0.39, 0.29) is 59.7 Å². The summed E-state index contributed by atoms with van der Waals surface area (Å²) in [6, 6.07) is -2.30. The molecular weight excluding hydrogens is 774 g/mol. The van der Waals surface area contributed by atoms with E-state index < -0.39 is 59.9 Å². The number of esters is 2. The number of hydrogen-bond acceptors (Lipinski definition) is 12. The summed E-state index contributed by atoms with van der Waals surface area (Å²) in [5.41, 5.74) is -1.06. The number of thiazole rings is 2. The number of halogens is 3. The Labute approximate surface area is 334 Å². The third kappa shape index (κ3) is 12.2. The lowest BCUT2D eigenvalue weighted by Gasteiger charge is -2.38. The van der Waals surface area contributed by atoms with Gasteiger partial charge < -0.3 is 25.0 Å². The van der Waals surface area contributed by atoms with Crippen molar-refractivity contribution in [2.75, 3.05) is 27.7 Å². The van der Waals surface area contributed by atoms with Gasteiger partial charge in [-0.1, -0.05) is 34.1 Å². The lowest BCUT2D eigenvalue weighted by molar-refractivity contribution is -0.149. The van der Waals surface area contributed by atoms with E-state index in [2.05, 4.69) is 20.6 Å². The summed E-state index contributed by atoms with van der Waals surface area (Å²) in [6.45, 7) is 9.56. The predicted molar refractivity (Wildman–Crippen MR) is 205 cm³/mol. The van der Waals surface area contributed by atoms with Crippen LogP contribution in [0.1, 0.15) is 112 Å². The Hall–Kier alpha value is -3.64. The van der Waals surface area contributed by atoms with Crippen molar-refractivity contribution in [3.63, 3.8) is 0 Å². The Bertz CT molecular complexity index is 1680. The Morgan fingerprint density at radius 1 is 1.00 bits per heavy atom. The Morgan fingerprint density at radius 3 is 2.27 bits per heavy atom. The number of ether oxygens (including phenoxy) is 2. The number of methoxy groups -OCH3 is 1. The number of piperidine rings is 1. The topological polar surface area (TPSA) is 160 Å². The smallest absolute Gasteiger partial charge is 0.434 e. The van der Waals surface area contributed by atoms with Gasteiger partial charge in [0.25, 0.3) is 5.91 Å². The van der Waals surface area contributed by atoms with Crippen LogP contribution in [-0.4, -0.2) is 101 Å². The first-order chi connectivity index (χ1) is 26.3. The molecule has 2 fully saturated rings. The first kappa shape index (κ1) is 45.1. The third-order valence-corrected chi connectivity index (χ3v) is 12.6. The van der Waals surface area contributed by atoms with Crippen LogP contribution in [0.2, 0.25) is 0 Å². The predicted octanol–water partition coefficient (Wildman–Crippen LogP) is 5.65. The molecule has 7 atom stereocenters. The largest absolute Gasteiger partial charge is 0.469 e. The average molecular weight is 829 g/mol. The van der Waals surface area contributed by atoms with Gasteiger partial charge in [0.1, 0.15) is 16.7 Å². The molecule has 3 amide bonds. The van der Waals surface area contributed by atoms with Crippen LogP contribution in [0.4, 0.5) is 13.2 Å². The van der Waals surface area contributed by atoms with Gasteiger partial charge in [-0.05, 0) is 63.5 Å². The number of amides is 3. The number of carbonyl (C=O) groups is 5. The van der Waals surface area contributed by atoms with Gasteiger partial charge in [-0.2, -0.15) is 13.2 Å². The van der Waals surface area contributed by atoms with Crippen molar-refractivity contribution in [1.29, 1.82) is 0 Å². The molecule has 18 heteroatoms. The molecule has 0 unspecified atom stereocenters. The van der Waals surface area contributed by atoms with E-state index in [0.717, 1.165) is 66.7 Å². The van der Waals surface area contributed by atoms with E-state index >= 15 is 0 Å². The van der Waals surface area contributed by atoms with Gasteiger partial charge in [0.15, 0.2) is 11.8 Å². The molecule has 56 heavy (non-hydrogen) atoms. The Balaban J connectivity index is 1.53. The van der Waals surface area contributed by atoms with Gasteiger partial charge in [0.2, 0.25) is 11.8 Å². The zero-order valence-corrected chi connectivity index (χ0v) is 34.9. The van der Waals surface area contributed by atoms with Gasteiger partial charge in [-0.3, -0.25) is 28.9 Å². The van der Waals surface area contributed by atoms with Gasteiger partial charge in [0.05, 0.1) is 24.1 Å². The van der Waals surface area contributed by atoms with Crippen LogP contribution < -0.4 is 10.6 Å². The van der Waals surface area contributed by atoms with Crippen LogP contribution in [0.15, 0.2) is 10.8 Å². The number of nitrogens with one attached hydrogen (secondary N) is 2. The maximum absolute atomic E-state index is 14.4. The molecule has 0 aromatic carbocycles. The minimum absolute atomic E-state index is 0.0211. The molecule has 1 aliphatic heterocycles. The monoisotopic (exact) mass is 828 g/mol. The van der Waals surface area contributed by atoms with Crippen molar-refractivity contribution in [3.8, 4) is 0 Å². The van der Waals surface area contributed by atoms with Crippen LogP contribution >= 0.6 is 22.7 Å². The molecule has 0 radical (unpaired) electrons. The third-order valence-electron chi connectivity index (χ3n) is 10.8. The molecule has 1 saturated carbocycles. The second-order valence-electron chi connectivity index (χ2n) is 15.5. The average Bonchev–Trinajstić information content (AvgIpc) is 3.66. The number of rotatable bonds is 18. The fourth-order valence-electron chi connectivity index (χ4n) is 7.31. The molecule has 1 saturated heterocycles. The normalized spacial score (nSPS) is 19.6. The summed E-state index contributed by atoms with van der Waals surface area (Å²) >= 11 is 1.89. The van der Waals surface area contributed by atoms with Gasteiger partial charge in [0, 0.05) is 49.7 Å².